The third kappa shape index (κ3) is 4.68. The first kappa shape index (κ1) is 16.3. The van der Waals surface area contributed by atoms with E-state index in [2.05, 4.69) is 10.1 Å². The number of phenolic OH excluding ortho intramolecular Hbond substituents is 2. The number of rotatable bonds is 6. The number of ether oxygens (including phenoxy) is 1. The van der Waals surface area contributed by atoms with Gasteiger partial charge in [-0.05, 0) is 18.6 Å². The second-order valence-electron chi connectivity index (χ2n) is 4.18. The van der Waals surface area contributed by atoms with Crippen LogP contribution in [0, 0.1) is 0 Å². The van der Waals surface area contributed by atoms with Crippen molar-refractivity contribution in [3.05, 3.63) is 23.8 Å². The molecule has 1 aromatic carbocycles. The van der Waals surface area contributed by atoms with E-state index in [-0.39, 0.29) is 24.2 Å². The van der Waals surface area contributed by atoms with Gasteiger partial charge >= 0.3 is 11.9 Å². The van der Waals surface area contributed by atoms with Crippen molar-refractivity contribution in [1.82, 2.24) is 5.32 Å². The summed E-state index contributed by atoms with van der Waals surface area (Å²) in [6.07, 6.45) is -0.318. The maximum absolute atomic E-state index is 11.9. The second-order valence-corrected chi connectivity index (χ2v) is 4.18. The number of carbonyl (C=O) groups excluding carboxylic acids is 2. The zero-order valence-corrected chi connectivity index (χ0v) is 11.2. The fraction of sp³-hybridized carbons (Fsp3) is 0.308. The number of carbonyl (C=O) groups is 3. The summed E-state index contributed by atoms with van der Waals surface area (Å²) in [4.78, 5) is 33.9. The summed E-state index contributed by atoms with van der Waals surface area (Å²) in [6, 6.07) is 1.99. The molecular formula is C13H15NO7. The van der Waals surface area contributed by atoms with E-state index in [1.165, 1.54) is 13.2 Å². The van der Waals surface area contributed by atoms with E-state index in [1.807, 2.05) is 0 Å². The van der Waals surface area contributed by atoms with Crippen LogP contribution >= 0.6 is 0 Å². The highest BCUT2D eigenvalue weighted by molar-refractivity contribution is 5.99. The first-order chi connectivity index (χ1) is 9.85. The lowest BCUT2D eigenvalue weighted by molar-refractivity contribution is -0.142. The Balaban J connectivity index is 2.76. The van der Waals surface area contributed by atoms with Gasteiger partial charge < -0.3 is 25.4 Å². The lowest BCUT2D eigenvalue weighted by atomic mass is 10.1. The molecule has 114 valence electrons. The van der Waals surface area contributed by atoms with Crippen molar-refractivity contribution in [2.24, 2.45) is 0 Å². The average Bonchev–Trinajstić information content (AvgIpc) is 2.42. The number of hydrogen-bond acceptors (Lipinski definition) is 6. The highest BCUT2D eigenvalue weighted by Crippen LogP contribution is 2.22. The number of esters is 1. The van der Waals surface area contributed by atoms with Crippen molar-refractivity contribution in [2.75, 3.05) is 7.11 Å². The maximum Gasteiger partial charge on any atom is 0.326 e. The van der Waals surface area contributed by atoms with E-state index in [1.54, 1.807) is 0 Å². The van der Waals surface area contributed by atoms with E-state index in [4.69, 9.17) is 10.2 Å². The second kappa shape index (κ2) is 7.13. The molecule has 21 heavy (non-hydrogen) atoms. The molecule has 0 aromatic heterocycles. The first-order valence-electron chi connectivity index (χ1n) is 5.97. The number of benzene rings is 1. The van der Waals surface area contributed by atoms with Crippen molar-refractivity contribution < 1.29 is 34.4 Å². The molecule has 8 heteroatoms. The summed E-state index contributed by atoms with van der Waals surface area (Å²) in [5, 5.41) is 29.8. The molecule has 0 bridgehead atoms. The van der Waals surface area contributed by atoms with Crippen LogP contribution < -0.4 is 5.32 Å². The number of carboxylic acid groups (broad SMARTS) is 1. The summed E-state index contributed by atoms with van der Waals surface area (Å²) < 4.78 is 4.39. The van der Waals surface area contributed by atoms with Crippen molar-refractivity contribution in [3.8, 4) is 11.5 Å². The molecule has 1 atom stereocenters. The minimum Gasteiger partial charge on any atom is -0.508 e. The molecule has 4 N–H and O–H groups in total. The van der Waals surface area contributed by atoms with Gasteiger partial charge in [-0.2, -0.15) is 0 Å². The minimum absolute atomic E-state index is 0.146. The van der Waals surface area contributed by atoms with Crippen LogP contribution in [0.1, 0.15) is 23.2 Å². The Hall–Kier alpha value is -2.77. The molecule has 0 aliphatic heterocycles. The molecule has 0 unspecified atom stereocenters. The standard InChI is InChI=1S/C13H15NO7/c1-21-11(17)5-4-9(13(19)20)14-12(18)8-3-2-7(15)6-10(8)16/h2-3,6,9,15-16H,4-5H2,1H3,(H,14,18)(H,19,20)/t9-/m0/s1. The minimum atomic E-state index is -1.31. The van der Waals surface area contributed by atoms with Crippen LogP contribution in [0.2, 0.25) is 0 Å². The van der Waals surface area contributed by atoms with Crippen LogP contribution in [0.25, 0.3) is 0 Å². The number of methoxy groups -OCH3 is 1. The fourth-order valence-electron chi connectivity index (χ4n) is 1.57. The molecule has 0 saturated carbocycles. The zero-order valence-electron chi connectivity index (χ0n) is 11.2. The Kier molecular flexibility index (Phi) is 5.53. The predicted octanol–water partition coefficient (Wildman–Crippen LogP) is 0.234. The number of nitrogens with one attached hydrogen (secondary N) is 1. The van der Waals surface area contributed by atoms with Gasteiger partial charge in [0.15, 0.2) is 0 Å². The molecule has 0 aliphatic rings. The maximum atomic E-state index is 11.9. The van der Waals surface area contributed by atoms with Crippen LogP contribution in [0.3, 0.4) is 0 Å². The normalized spacial score (nSPS) is 11.5. The van der Waals surface area contributed by atoms with Gasteiger partial charge in [0.25, 0.3) is 5.91 Å². The fourth-order valence-corrected chi connectivity index (χ4v) is 1.57. The molecular weight excluding hydrogens is 282 g/mol. The van der Waals surface area contributed by atoms with Crippen molar-refractivity contribution >= 4 is 17.8 Å². The Morgan fingerprint density at radius 1 is 1.29 bits per heavy atom. The Morgan fingerprint density at radius 3 is 2.48 bits per heavy atom. The van der Waals surface area contributed by atoms with E-state index < -0.39 is 29.6 Å². The molecule has 0 spiro atoms. The molecule has 0 saturated heterocycles. The molecule has 1 aromatic rings. The van der Waals surface area contributed by atoms with Crippen LogP contribution in [-0.2, 0) is 14.3 Å². The van der Waals surface area contributed by atoms with Gasteiger partial charge in [0.05, 0.1) is 12.7 Å². The Labute approximate surface area is 120 Å². The molecule has 1 amide bonds. The van der Waals surface area contributed by atoms with E-state index in [0.29, 0.717) is 0 Å². The number of hydrogen-bond donors (Lipinski definition) is 4. The molecule has 0 aliphatic carbocycles. The van der Waals surface area contributed by atoms with Crippen molar-refractivity contribution in [1.29, 1.82) is 0 Å². The van der Waals surface area contributed by atoms with Gasteiger partial charge in [-0.3, -0.25) is 9.59 Å². The lowest BCUT2D eigenvalue weighted by Gasteiger charge is -2.14. The van der Waals surface area contributed by atoms with Gasteiger partial charge in [-0.25, -0.2) is 4.79 Å². The molecule has 0 fully saturated rings. The summed E-state index contributed by atoms with van der Waals surface area (Å²) in [7, 11) is 1.17. The van der Waals surface area contributed by atoms with Crippen LogP contribution in [0.15, 0.2) is 18.2 Å². The first-order valence-corrected chi connectivity index (χ1v) is 5.97. The SMILES string of the molecule is COC(=O)CC[C@H](NC(=O)c1ccc(O)cc1O)C(=O)O. The topological polar surface area (TPSA) is 133 Å². The quantitative estimate of drug-likeness (QED) is 0.552. The van der Waals surface area contributed by atoms with Gasteiger partial charge in [-0.1, -0.05) is 0 Å². The van der Waals surface area contributed by atoms with Crippen molar-refractivity contribution in [3.63, 3.8) is 0 Å². The van der Waals surface area contributed by atoms with Crippen LogP contribution in [0.5, 0.6) is 11.5 Å². The molecule has 1 rings (SSSR count). The summed E-state index contributed by atoms with van der Waals surface area (Å²) in [5.74, 6) is -3.45. The molecule has 0 heterocycles. The number of aliphatic carboxylic acids is 1. The monoisotopic (exact) mass is 297 g/mol. The van der Waals surface area contributed by atoms with Gasteiger partial charge in [0, 0.05) is 12.5 Å². The number of phenols is 2. The zero-order chi connectivity index (χ0) is 16.0. The number of carboxylic acids is 1. The van der Waals surface area contributed by atoms with E-state index >= 15 is 0 Å². The third-order valence-corrected chi connectivity index (χ3v) is 2.69. The van der Waals surface area contributed by atoms with Gasteiger partial charge in [0.2, 0.25) is 0 Å². The summed E-state index contributed by atoms with van der Waals surface area (Å²) in [6.45, 7) is 0. The summed E-state index contributed by atoms with van der Waals surface area (Å²) >= 11 is 0. The van der Waals surface area contributed by atoms with Crippen LogP contribution in [-0.4, -0.2) is 46.3 Å². The highest BCUT2D eigenvalue weighted by atomic mass is 16.5. The van der Waals surface area contributed by atoms with E-state index in [0.717, 1.165) is 12.1 Å². The van der Waals surface area contributed by atoms with Crippen molar-refractivity contribution in [2.45, 2.75) is 18.9 Å². The number of amides is 1. The van der Waals surface area contributed by atoms with E-state index in [9.17, 15) is 19.5 Å². The largest absolute Gasteiger partial charge is 0.508 e. The summed E-state index contributed by atoms with van der Waals surface area (Å²) in [5.41, 5.74) is -0.183. The highest BCUT2D eigenvalue weighted by Gasteiger charge is 2.23. The lowest BCUT2D eigenvalue weighted by Crippen LogP contribution is -2.41. The third-order valence-electron chi connectivity index (χ3n) is 2.69. The molecule has 8 nitrogen and oxygen atoms in total. The van der Waals surface area contributed by atoms with Gasteiger partial charge in [-0.15, -0.1) is 0 Å². The Morgan fingerprint density at radius 2 is 1.95 bits per heavy atom. The smallest absolute Gasteiger partial charge is 0.326 e. The Bertz CT molecular complexity index is 555. The van der Waals surface area contributed by atoms with Crippen LogP contribution in [0.4, 0.5) is 0 Å². The predicted molar refractivity (Wildman–Crippen MR) is 69.9 cm³/mol. The number of aromatic hydroxyl groups is 2. The molecule has 0 radical (unpaired) electrons. The van der Waals surface area contributed by atoms with Gasteiger partial charge in [0.1, 0.15) is 17.5 Å². The average molecular weight is 297 g/mol.